The van der Waals surface area contributed by atoms with Crippen molar-refractivity contribution in [1.29, 1.82) is 0 Å². The van der Waals surface area contributed by atoms with Gasteiger partial charge in [0.2, 0.25) is 5.76 Å². The lowest BCUT2D eigenvalue weighted by molar-refractivity contribution is -0.149. The molecule has 1 aromatic heterocycles. The van der Waals surface area contributed by atoms with Crippen molar-refractivity contribution < 1.29 is 23.6 Å². The van der Waals surface area contributed by atoms with Gasteiger partial charge in [0.05, 0.1) is 38.1 Å². The molecule has 1 spiro atoms. The Morgan fingerprint density at radius 1 is 1.17 bits per heavy atom. The van der Waals surface area contributed by atoms with Crippen LogP contribution in [0.15, 0.2) is 41.1 Å². The molecule has 0 aliphatic carbocycles. The van der Waals surface area contributed by atoms with Crippen molar-refractivity contribution >= 4 is 11.8 Å². The van der Waals surface area contributed by atoms with Gasteiger partial charge in [-0.2, -0.15) is 0 Å². The van der Waals surface area contributed by atoms with Crippen molar-refractivity contribution in [2.24, 2.45) is 0 Å². The highest BCUT2D eigenvalue weighted by Crippen LogP contribution is 2.37. The summed E-state index contributed by atoms with van der Waals surface area (Å²) in [6.07, 6.45) is 1.47. The fourth-order valence-electron chi connectivity index (χ4n) is 4.86. The Bertz CT molecular complexity index is 941. The fourth-order valence-corrected chi connectivity index (χ4v) is 4.86. The zero-order valence-electron chi connectivity index (χ0n) is 16.8. The van der Waals surface area contributed by atoms with Gasteiger partial charge in [0.1, 0.15) is 5.75 Å². The van der Waals surface area contributed by atoms with Crippen LogP contribution in [0.4, 0.5) is 0 Å². The molecule has 0 unspecified atom stereocenters. The number of amides is 2. The number of carbonyl (C=O) groups excluding carboxylic acids is 2. The number of morpholine rings is 1. The van der Waals surface area contributed by atoms with E-state index in [1.165, 1.54) is 6.20 Å². The summed E-state index contributed by atoms with van der Waals surface area (Å²) in [6, 6.07) is 8.91. The first-order chi connectivity index (χ1) is 14.6. The number of piperazine rings is 1. The van der Waals surface area contributed by atoms with Gasteiger partial charge in [-0.3, -0.25) is 14.5 Å². The van der Waals surface area contributed by atoms with E-state index in [2.05, 4.69) is 10.1 Å². The molecule has 1 aromatic carbocycles. The predicted octanol–water partition coefficient (Wildman–Crippen LogP) is 0.735. The third-order valence-corrected chi connectivity index (χ3v) is 6.26. The molecule has 2 aromatic rings. The van der Waals surface area contributed by atoms with Gasteiger partial charge in [0, 0.05) is 44.4 Å². The van der Waals surface area contributed by atoms with Crippen LogP contribution in [0.2, 0.25) is 0 Å². The lowest BCUT2D eigenvalue weighted by Gasteiger charge is -2.63. The Kier molecular flexibility index (Phi) is 4.71. The number of benzene rings is 1. The number of hydrogen-bond acceptors (Lipinski definition) is 7. The van der Waals surface area contributed by atoms with Crippen LogP contribution in [0.5, 0.6) is 5.75 Å². The summed E-state index contributed by atoms with van der Waals surface area (Å²) >= 11 is 0. The summed E-state index contributed by atoms with van der Waals surface area (Å²) in [5, 5.41) is 3.62. The SMILES string of the molecule is COc1cccc(C(=O)N2C[C@@H]3COCCN3C3(C2)CN(C(=O)c2ccno2)C3)c1. The molecule has 158 valence electrons. The molecule has 0 N–H and O–H groups in total. The van der Waals surface area contributed by atoms with Gasteiger partial charge in [-0.05, 0) is 18.2 Å². The van der Waals surface area contributed by atoms with E-state index in [1.54, 1.807) is 24.1 Å². The van der Waals surface area contributed by atoms with Crippen molar-refractivity contribution in [3.8, 4) is 5.75 Å². The summed E-state index contributed by atoms with van der Waals surface area (Å²) in [4.78, 5) is 32.0. The number of methoxy groups -OCH3 is 1. The van der Waals surface area contributed by atoms with Gasteiger partial charge in [0.15, 0.2) is 0 Å². The van der Waals surface area contributed by atoms with Crippen LogP contribution in [-0.4, -0.2) is 96.3 Å². The first kappa shape index (κ1) is 19.1. The normalized spacial score (nSPS) is 23.0. The third-order valence-electron chi connectivity index (χ3n) is 6.26. The standard InChI is InChI=1S/C21H24N4O5/c1-28-17-4-2-3-15(9-17)19(26)23-10-16-11-29-8-7-25(16)21(12-23)13-24(14-21)20(27)18-5-6-22-30-18/h2-6,9,16H,7-8,10-14H2,1H3/t16-/m1/s1. The van der Waals surface area contributed by atoms with Crippen molar-refractivity contribution in [1.82, 2.24) is 19.9 Å². The Morgan fingerprint density at radius 2 is 2.00 bits per heavy atom. The second kappa shape index (κ2) is 7.41. The Balaban J connectivity index is 1.37. The molecule has 9 heteroatoms. The van der Waals surface area contributed by atoms with E-state index >= 15 is 0 Å². The molecule has 3 aliphatic heterocycles. The summed E-state index contributed by atoms with van der Waals surface area (Å²) < 4.78 is 16.0. The quantitative estimate of drug-likeness (QED) is 0.735. The molecule has 4 heterocycles. The van der Waals surface area contributed by atoms with E-state index in [9.17, 15) is 9.59 Å². The topological polar surface area (TPSA) is 88.4 Å². The summed E-state index contributed by atoms with van der Waals surface area (Å²) in [7, 11) is 1.59. The Labute approximate surface area is 174 Å². The lowest BCUT2D eigenvalue weighted by Crippen LogP contribution is -2.81. The summed E-state index contributed by atoms with van der Waals surface area (Å²) in [5.74, 6) is 0.698. The van der Waals surface area contributed by atoms with Crippen LogP contribution in [0, 0.1) is 0 Å². The Hall–Kier alpha value is -2.91. The number of fused-ring (bicyclic) bond motifs is 2. The second-order valence-corrected chi connectivity index (χ2v) is 8.10. The van der Waals surface area contributed by atoms with Crippen molar-refractivity contribution in [2.45, 2.75) is 11.6 Å². The zero-order valence-corrected chi connectivity index (χ0v) is 16.8. The van der Waals surface area contributed by atoms with E-state index in [1.807, 2.05) is 23.1 Å². The van der Waals surface area contributed by atoms with Crippen molar-refractivity contribution in [3.05, 3.63) is 47.9 Å². The van der Waals surface area contributed by atoms with Gasteiger partial charge in [-0.1, -0.05) is 11.2 Å². The summed E-state index contributed by atoms with van der Waals surface area (Å²) in [5.41, 5.74) is 0.334. The van der Waals surface area contributed by atoms with E-state index in [-0.39, 0.29) is 29.2 Å². The molecule has 2 amide bonds. The average Bonchev–Trinajstić information content (AvgIpc) is 3.30. The Morgan fingerprint density at radius 3 is 2.77 bits per heavy atom. The maximum Gasteiger partial charge on any atom is 0.292 e. The smallest absolute Gasteiger partial charge is 0.292 e. The van der Waals surface area contributed by atoms with E-state index in [0.717, 1.165) is 6.54 Å². The molecule has 1 atom stereocenters. The molecule has 3 saturated heterocycles. The number of likely N-dealkylation sites (tertiary alicyclic amines) is 1. The molecule has 5 rings (SSSR count). The highest BCUT2D eigenvalue weighted by molar-refractivity contribution is 5.95. The molecule has 3 aliphatic rings. The van der Waals surface area contributed by atoms with Gasteiger partial charge in [-0.25, -0.2) is 0 Å². The average molecular weight is 412 g/mol. The molecule has 0 saturated carbocycles. The first-order valence-electron chi connectivity index (χ1n) is 10.1. The number of hydrogen-bond donors (Lipinski definition) is 0. The molecular weight excluding hydrogens is 388 g/mol. The lowest BCUT2D eigenvalue weighted by atomic mass is 9.82. The second-order valence-electron chi connectivity index (χ2n) is 8.10. The largest absolute Gasteiger partial charge is 0.497 e. The number of rotatable bonds is 3. The monoisotopic (exact) mass is 412 g/mol. The van der Waals surface area contributed by atoms with E-state index < -0.39 is 0 Å². The first-order valence-corrected chi connectivity index (χ1v) is 10.1. The number of nitrogens with zero attached hydrogens (tertiary/aromatic N) is 4. The highest BCUT2D eigenvalue weighted by atomic mass is 16.5. The van der Waals surface area contributed by atoms with Crippen LogP contribution >= 0.6 is 0 Å². The highest BCUT2D eigenvalue weighted by Gasteiger charge is 2.56. The number of carbonyl (C=O) groups is 2. The van der Waals surface area contributed by atoms with Crippen LogP contribution in [0.1, 0.15) is 20.9 Å². The van der Waals surface area contributed by atoms with E-state index in [4.69, 9.17) is 14.0 Å². The third kappa shape index (κ3) is 3.14. The zero-order chi connectivity index (χ0) is 20.7. The van der Waals surface area contributed by atoms with Gasteiger partial charge in [-0.15, -0.1) is 0 Å². The maximum atomic E-state index is 13.3. The van der Waals surface area contributed by atoms with Gasteiger partial charge in [0.25, 0.3) is 11.8 Å². The predicted molar refractivity (Wildman–Crippen MR) is 105 cm³/mol. The minimum Gasteiger partial charge on any atom is -0.497 e. The van der Waals surface area contributed by atoms with Gasteiger partial charge < -0.3 is 23.8 Å². The summed E-state index contributed by atoms with van der Waals surface area (Å²) in [6.45, 7) is 4.32. The number of aromatic nitrogens is 1. The van der Waals surface area contributed by atoms with Gasteiger partial charge >= 0.3 is 0 Å². The maximum absolute atomic E-state index is 13.3. The van der Waals surface area contributed by atoms with Crippen LogP contribution < -0.4 is 4.74 Å². The van der Waals surface area contributed by atoms with Crippen LogP contribution in [0.25, 0.3) is 0 Å². The number of ether oxygens (including phenoxy) is 2. The molecule has 9 nitrogen and oxygen atoms in total. The van der Waals surface area contributed by atoms with Crippen molar-refractivity contribution in [2.75, 3.05) is 53.0 Å². The molecule has 0 bridgehead atoms. The molecule has 3 fully saturated rings. The van der Waals surface area contributed by atoms with Crippen molar-refractivity contribution in [3.63, 3.8) is 0 Å². The minimum absolute atomic E-state index is 0.0292. The minimum atomic E-state index is -0.267. The molecule has 0 radical (unpaired) electrons. The molecular formula is C21H24N4O5. The fraction of sp³-hybridized carbons (Fsp3) is 0.476. The van der Waals surface area contributed by atoms with Crippen LogP contribution in [0.3, 0.4) is 0 Å². The molecule has 30 heavy (non-hydrogen) atoms. The van der Waals surface area contributed by atoms with Crippen LogP contribution in [-0.2, 0) is 4.74 Å². The van der Waals surface area contributed by atoms with E-state index in [0.29, 0.717) is 50.7 Å².